The quantitative estimate of drug-likeness (QED) is 0.866. The second kappa shape index (κ2) is 6.71. The Hall–Kier alpha value is -1.52. The van der Waals surface area contributed by atoms with Crippen LogP contribution in [0.25, 0.3) is 6.08 Å². The second-order valence-corrected chi connectivity index (χ2v) is 6.50. The van der Waals surface area contributed by atoms with Gasteiger partial charge in [-0.05, 0) is 51.0 Å². The van der Waals surface area contributed by atoms with Gasteiger partial charge in [-0.1, -0.05) is 11.6 Å². The molecule has 1 aromatic rings. The lowest BCUT2D eigenvalue weighted by molar-refractivity contribution is -0.131. The fourth-order valence-electron chi connectivity index (χ4n) is 2.86. The van der Waals surface area contributed by atoms with Crippen molar-refractivity contribution in [2.24, 2.45) is 0 Å². The van der Waals surface area contributed by atoms with E-state index < -0.39 is 5.60 Å². The maximum Gasteiger partial charge on any atom is 0.246 e. The summed E-state index contributed by atoms with van der Waals surface area (Å²) in [6.45, 7) is 4.16. The van der Waals surface area contributed by atoms with Crippen LogP contribution in [0.15, 0.2) is 24.3 Å². The van der Waals surface area contributed by atoms with Crippen LogP contribution in [-0.2, 0) is 4.79 Å². The maximum atomic E-state index is 12.4. The van der Waals surface area contributed by atoms with Crippen molar-refractivity contribution in [2.75, 3.05) is 13.7 Å². The van der Waals surface area contributed by atoms with Gasteiger partial charge in [0, 0.05) is 23.2 Å². The van der Waals surface area contributed by atoms with E-state index in [1.165, 1.54) is 6.08 Å². The summed E-state index contributed by atoms with van der Waals surface area (Å²) in [6.07, 6.45) is 4.95. The molecule has 1 heterocycles. The molecule has 0 radical (unpaired) electrons. The van der Waals surface area contributed by atoms with Gasteiger partial charge in [0.05, 0.1) is 18.8 Å². The molecule has 1 atom stereocenters. The average Bonchev–Trinajstić information content (AvgIpc) is 2.94. The minimum atomic E-state index is -0.895. The second-order valence-electron chi connectivity index (χ2n) is 6.06. The zero-order chi connectivity index (χ0) is 16.3. The molecule has 5 heteroatoms. The molecule has 0 spiro atoms. The predicted molar refractivity (Wildman–Crippen MR) is 88.1 cm³/mol. The molecule has 0 saturated carbocycles. The number of hydrogen-bond acceptors (Lipinski definition) is 3. The number of ether oxygens (including phenoxy) is 1. The molecule has 1 saturated heterocycles. The fourth-order valence-corrected chi connectivity index (χ4v) is 3.04. The van der Waals surface area contributed by atoms with Crippen molar-refractivity contribution in [1.29, 1.82) is 0 Å². The van der Waals surface area contributed by atoms with Crippen LogP contribution in [0.4, 0.5) is 0 Å². The number of amides is 1. The summed E-state index contributed by atoms with van der Waals surface area (Å²) in [4.78, 5) is 14.1. The SMILES string of the molecule is COc1ccc(Cl)cc1/C=C/C(=O)N1CCCC1C(C)(C)O. The molecule has 1 aromatic carbocycles. The molecule has 1 fully saturated rings. The zero-order valence-electron chi connectivity index (χ0n) is 13.2. The Labute approximate surface area is 136 Å². The Kier molecular flexibility index (Phi) is 5.14. The molecule has 2 rings (SSSR count). The van der Waals surface area contributed by atoms with E-state index in [4.69, 9.17) is 16.3 Å². The van der Waals surface area contributed by atoms with E-state index in [1.807, 2.05) is 0 Å². The number of benzene rings is 1. The monoisotopic (exact) mass is 323 g/mol. The van der Waals surface area contributed by atoms with Crippen molar-refractivity contribution in [3.05, 3.63) is 34.9 Å². The highest BCUT2D eigenvalue weighted by molar-refractivity contribution is 6.30. The Bertz CT molecular complexity index is 578. The summed E-state index contributed by atoms with van der Waals surface area (Å²) in [5, 5.41) is 10.8. The highest BCUT2D eigenvalue weighted by Crippen LogP contribution is 2.28. The van der Waals surface area contributed by atoms with Gasteiger partial charge in [-0.2, -0.15) is 0 Å². The lowest BCUT2D eigenvalue weighted by atomic mass is 9.96. The predicted octanol–water partition coefficient (Wildman–Crippen LogP) is 3.12. The number of halogens is 1. The number of likely N-dealkylation sites (tertiary alicyclic amines) is 1. The van der Waals surface area contributed by atoms with Crippen LogP contribution in [0.3, 0.4) is 0 Å². The standard InChI is InChI=1S/C17H22ClNO3/c1-17(2,21)15-5-4-10-19(15)16(20)9-6-12-11-13(18)7-8-14(12)22-3/h6-9,11,15,21H,4-5,10H2,1-3H3/b9-6+. The smallest absolute Gasteiger partial charge is 0.246 e. The van der Waals surface area contributed by atoms with Gasteiger partial charge in [0.2, 0.25) is 5.91 Å². The van der Waals surface area contributed by atoms with Crippen LogP contribution in [0.2, 0.25) is 5.02 Å². The van der Waals surface area contributed by atoms with E-state index in [2.05, 4.69) is 0 Å². The van der Waals surface area contributed by atoms with Gasteiger partial charge in [0.25, 0.3) is 0 Å². The summed E-state index contributed by atoms with van der Waals surface area (Å²) in [5.41, 5.74) is -0.143. The number of methoxy groups -OCH3 is 1. The van der Waals surface area contributed by atoms with E-state index in [9.17, 15) is 9.90 Å². The fraction of sp³-hybridized carbons (Fsp3) is 0.471. The van der Waals surface area contributed by atoms with Gasteiger partial charge in [-0.15, -0.1) is 0 Å². The Morgan fingerprint density at radius 1 is 1.50 bits per heavy atom. The molecule has 0 aromatic heterocycles. The molecule has 1 unspecified atom stereocenters. The molecule has 1 N–H and O–H groups in total. The summed E-state index contributed by atoms with van der Waals surface area (Å²) in [6, 6.07) is 5.11. The molecule has 0 bridgehead atoms. The van der Waals surface area contributed by atoms with Gasteiger partial charge in [0.1, 0.15) is 5.75 Å². The molecule has 1 aliphatic rings. The van der Waals surface area contributed by atoms with Gasteiger partial charge < -0.3 is 14.7 Å². The first-order valence-corrected chi connectivity index (χ1v) is 7.75. The van der Waals surface area contributed by atoms with E-state index >= 15 is 0 Å². The molecule has 120 valence electrons. The minimum Gasteiger partial charge on any atom is -0.496 e. The first-order valence-electron chi connectivity index (χ1n) is 7.37. The Morgan fingerprint density at radius 2 is 2.23 bits per heavy atom. The van der Waals surface area contributed by atoms with Gasteiger partial charge in [-0.25, -0.2) is 0 Å². The average molecular weight is 324 g/mol. The van der Waals surface area contributed by atoms with E-state index in [0.29, 0.717) is 17.3 Å². The highest BCUT2D eigenvalue weighted by Gasteiger charge is 2.37. The number of aliphatic hydroxyl groups is 1. The number of rotatable bonds is 4. The molecule has 0 aliphatic carbocycles. The first-order chi connectivity index (χ1) is 10.3. The Morgan fingerprint density at radius 3 is 2.86 bits per heavy atom. The minimum absolute atomic E-state index is 0.105. The van der Waals surface area contributed by atoms with Crippen molar-refractivity contribution in [3.63, 3.8) is 0 Å². The van der Waals surface area contributed by atoms with Crippen LogP contribution in [0, 0.1) is 0 Å². The molecule has 22 heavy (non-hydrogen) atoms. The van der Waals surface area contributed by atoms with Crippen molar-refractivity contribution in [3.8, 4) is 5.75 Å². The van der Waals surface area contributed by atoms with E-state index in [1.54, 1.807) is 50.1 Å². The van der Waals surface area contributed by atoms with Crippen LogP contribution in [0.1, 0.15) is 32.3 Å². The van der Waals surface area contributed by atoms with Crippen LogP contribution >= 0.6 is 11.6 Å². The van der Waals surface area contributed by atoms with Gasteiger partial charge in [-0.3, -0.25) is 4.79 Å². The van der Waals surface area contributed by atoms with Crippen molar-refractivity contribution in [1.82, 2.24) is 4.90 Å². The molecule has 1 aliphatic heterocycles. The molecular formula is C17H22ClNO3. The van der Waals surface area contributed by atoms with E-state index in [0.717, 1.165) is 18.4 Å². The van der Waals surface area contributed by atoms with Gasteiger partial charge in [0.15, 0.2) is 0 Å². The van der Waals surface area contributed by atoms with Crippen molar-refractivity contribution < 1.29 is 14.6 Å². The highest BCUT2D eigenvalue weighted by atomic mass is 35.5. The third kappa shape index (κ3) is 3.81. The number of carbonyl (C=O) groups is 1. The normalized spacial score (nSPS) is 19.0. The summed E-state index contributed by atoms with van der Waals surface area (Å²) >= 11 is 5.98. The van der Waals surface area contributed by atoms with Crippen LogP contribution in [-0.4, -0.2) is 41.2 Å². The number of hydrogen-bond donors (Lipinski definition) is 1. The maximum absolute atomic E-state index is 12.4. The first kappa shape index (κ1) is 16.8. The molecular weight excluding hydrogens is 302 g/mol. The van der Waals surface area contributed by atoms with Crippen LogP contribution < -0.4 is 4.74 Å². The van der Waals surface area contributed by atoms with E-state index in [-0.39, 0.29) is 11.9 Å². The number of nitrogens with zero attached hydrogens (tertiary/aromatic N) is 1. The molecule has 4 nitrogen and oxygen atoms in total. The third-order valence-electron chi connectivity index (χ3n) is 3.95. The summed E-state index contributed by atoms with van der Waals surface area (Å²) in [5.74, 6) is 0.556. The Balaban J connectivity index is 2.16. The largest absolute Gasteiger partial charge is 0.496 e. The van der Waals surface area contributed by atoms with Crippen molar-refractivity contribution in [2.45, 2.75) is 38.3 Å². The summed E-state index contributed by atoms with van der Waals surface area (Å²) < 4.78 is 5.26. The lowest BCUT2D eigenvalue weighted by Crippen LogP contribution is -2.47. The number of carbonyl (C=O) groups excluding carboxylic acids is 1. The topological polar surface area (TPSA) is 49.8 Å². The van der Waals surface area contributed by atoms with Crippen LogP contribution in [0.5, 0.6) is 5.75 Å². The van der Waals surface area contributed by atoms with Crippen molar-refractivity contribution >= 4 is 23.6 Å². The summed E-state index contributed by atoms with van der Waals surface area (Å²) in [7, 11) is 1.58. The zero-order valence-corrected chi connectivity index (χ0v) is 13.9. The van der Waals surface area contributed by atoms with Gasteiger partial charge >= 0.3 is 0 Å². The third-order valence-corrected chi connectivity index (χ3v) is 4.18. The lowest BCUT2D eigenvalue weighted by Gasteiger charge is -2.33. The molecule has 1 amide bonds.